The molecule has 1 unspecified atom stereocenters. The summed E-state index contributed by atoms with van der Waals surface area (Å²) in [6, 6.07) is 12.2. The topological polar surface area (TPSA) is 73.9 Å². The van der Waals surface area contributed by atoms with Gasteiger partial charge in [0.05, 0.1) is 19.3 Å². The lowest BCUT2D eigenvalue weighted by molar-refractivity contribution is -0.122. The molecule has 0 aliphatic rings. The highest BCUT2D eigenvalue weighted by molar-refractivity contribution is 5.96. The molecule has 1 amide bonds. The minimum Gasteiger partial charge on any atom is -0.493 e. The van der Waals surface area contributed by atoms with E-state index in [1.807, 2.05) is 26.0 Å². The first-order valence-corrected chi connectivity index (χ1v) is 8.88. The quantitative estimate of drug-likeness (QED) is 0.711. The van der Waals surface area contributed by atoms with E-state index in [4.69, 9.17) is 14.2 Å². The SMILES string of the molecule is CCOC(=O)c1ccc(NC(=O)C(CC)Oc2ccccc2OC)c(C)c1. The van der Waals surface area contributed by atoms with Crippen LogP contribution in [0.1, 0.15) is 36.2 Å². The first kappa shape index (κ1) is 20.3. The van der Waals surface area contributed by atoms with Gasteiger partial charge in [0.15, 0.2) is 17.6 Å². The predicted molar refractivity (Wildman–Crippen MR) is 103 cm³/mol. The molecular formula is C21H25NO5. The normalized spacial score (nSPS) is 11.4. The third-order valence-corrected chi connectivity index (χ3v) is 4.00. The van der Waals surface area contributed by atoms with E-state index >= 15 is 0 Å². The monoisotopic (exact) mass is 371 g/mol. The minimum absolute atomic E-state index is 0.268. The molecule has 0 saturated carbocycles. The van der Waals surface area contributed by atoms with Crippen LogP contribution in [0, 0.1) is 6.92 Å². The number of methoxy groups -OCH3 is 1. The summed E-state index contributed by atoms with van der Waals surface area (Å²) in [5, 5.41) is 2.86. The first-order valence-electron chi connectivity index (χ1n) is 8.88. The molecule has 0 spiro atoms. The van der Waals surface area contributed by atoms with Crippen molar-refractivity contribution in [2.45, 2.75) is 33.3 Å². The van der Waals surface area contributed by atoms with Crippen LogP contribution < -0.4 is 14.8 Å². The average Bonchev–Trinajstić information content (AvgIpc) is 2.67. The number of nitrogens with one attached hydrogen (secondary N) is 1. The zero-order chi connectivity index (χ0) is 19.8. The van der Waals surface area contributed by atoms with Crippen molar-refractivity contribution in [1.29, 1.82) is 0 Å². The summed E-state index contributed by atoms with van der Waals surface area (Å²) < 4.78 is 16.1. The molecule has 2 rings (SSSR count). The summed E-state index contributed by atoms with van der Waals surface area (Å²) >= 11 is 0. The van der Waals surface area contributed by atoms with E-state index in [0.717, 1.165) is 5.56 Å². The van der Waals surface area contributed by atoms with Crippen molar-refractivity contribution in [3.63, 3.8) is 0 Å². The van der Waals surface area contributed by atoms with Crippen LogP contribution >= 0.6 is 0 Å². The molecule has 0 radical (unpaired) electrons. The van der Waals surface area contributed by atoms with Gasteiger partial charge >= 0.3 is 5.97 Å². The van der Waals surface area contributed by atoms with Crippen molar-refractivity contribution < 1.29 is 23.8 Å². The summed E-state index contributed by atoms with van der Waals surface area (Å²) in [5.74, 6) is 0.426. The maximum absolute atomic E-state index is 12.7. The zero-order valence-electron chi connectivity index (χ0n) is 16.1. The molecule has 6 heteroatoms. The van der Waals surface area contributed by atoms with Gasteiger partial charge in [0.25, 0.3) is 5.91 Å². The van der Waals surface area contributed by atoms with Crippen molar-refractivity contribution in [1.82, 2.24) is 0 Å². The number of esters is 1. The number of anilines is 1. The number of carbonyl (C=O) groups excluding carboxylic acids is 2. The van der Waals surface area contributed by atoms with Gasteiger partial charge in [-0.1, -0.05) is 19.1 Å². The highest BCUT2D eigenvalue weighted by Crippen LogP contribution is 2.28. The van der Waals surface area contributed by atoms with E-state index in [1.165, 1.54) is 0 Å². The lowest BCUT2D eigenvalue weighted by Crippen LogP contribution is -2.32. The van der Waals surface area contributed by atoms with Gasteiger partial charge in [-0.2, -0.15) is 0 Å². The van der Waals surface area contributed by atoms with Crippen molar-refractivity contribution in [3.05, 3.63) is 53.6 Å². The summed E-state index contributed by atoms with van der Waals surface area (Å²) in [7, 11) is 1.55. The molecule has 1 atom stereocenters. The largest absolute Gasteiger partial charge is 0.493 e. The highest BCUT2D eigenvalue weighted by Gasteiger charge is 2.21. The smallest absolute Gasteiger partial charge is 0.338 e. The van der Waals surface area contributed by atoms with E-state index in [0.29, 0.717) is 35.8 Å². The van der Waals surface area contributed by atoms with Crippen molar-refractivity contribution in [2.24, 2.45) is 0 Å². The molecule has 0 aliphatic carbocycles. The van der Waals surface area contributed by atoms with Gasteiger partial charge in [0, 0.05) is 5.69 Å². The Hall–Kier alpha value is -3.02. The van der Waals surface area contributed by atoms with Crippen LogP contribution in [-0.2, 0) is 9.53 Å². The Morgan fingerprint density at radius 1 is 1.07 bits per heavy atom. The lowest BCUT2D eigenvalue weighted by atomic mass is 10.1. The van der Waals surface area contributed by atoms with Gasteiger partial charge in [0.1, 0.15) is 0 Å². The number of carbonyl (C=O) groups is 2. The van der Waals surface area contributed by atoms with Gasteiger partial charge < -0.3 is 19.5 Å². The van der Waals surface area contributed by atoms with E-state index in [-0.39, 0.29) is 11.9 Å². The second-order valence-electron chi connectivity index (χ2n) is 5.91. The van der Waals surface area contributed by atoms with E-state index in [9.17, 15) is 9.59 Å². The fourth-order valence-corrected chi connectivity index (χ4v) is 2.55. The predicted octanol–water partition coefficient (Wildman–Crippen LogP) is 3.98. The highest BCUT2D eigenvalue weighted by atomic mass is 16.5. The zero-order valence-corrected chi connectivity index (χ0v) is 16.1. The Labute approximate surface area is 159 Å². The number of aryl methyl sites for hydroxylation is 1. The lowest BCUT2D eigenvalue weighted by Gasteiger charge is -2.19. The molecule has 0 heterocycles. The summed E-state index contributed by atoms with van der Waals surface area (Å²) in [6.45, 7) is 5.76. The van der Waals surface area contributed by atoms with Gasteiger partial charge in [-0.15, -0.1) is 0 Å². The third kappa shape index (κ3) is 5.23. The number of para-hydroxylation sites is 2. The molecule has 0 bridgehead atoms. The van der Waals surface area contributed by atoms with Gasteiger partial charge in [-0.25, -0.2) is 4.79 Å². The molecule has 144 valence electrons. The summed E-state index contributed by atoms with van der Waals surface area (Å²) in [4.78, 5) is 24.5. The van der Waals surface area contributed by atoms with Crippen LogP contribution in [0.5, 0.6) is 11.5 Å². The van der Waals surface area contributed by atoms with Crippen molar-refractivity contribution in [3.8, 4) is 11.5 Å². The molecule has 2 aromatic carbocycles. The molecule has 0 fully saturated rings. The van der Waals surface area contributed by atoms with E-state index < -0.39 is 6.10 Å². The Bertz CT molecular complexity index is 803. The first-order chi connectivity index (χ1) is 13.0. The van der Waals surface area contributed by atoms with E-state index in [2.05, 4.69) is 5.32 Å². The minimum atomic E-state index is -0.676. The number of hydrogen-bond acceptors (Lipinski definition) is 5. The van der Waals surface area contributed by atoms with Crippen LogP contribution in [0.15, 0.2) is 42.5 Å². The molecule has 0 aliphatic heterocycles. The van der Waals surface area contributed by atoms with Crippen LogP contribution in [-0.4, -0.2) is 31.7 Å². The summed E-state index contributed by atoms with van der Waals surface area (Å²) in [6.07, 6.45) is -0.186. The second-order valence-corrected chi connectivity index (χ2v) is 5.91. The fraction of sp³-hybridized carbons (Fsp3) is 0.333. The fourth-order valence-electron chi connectivity index (χ4n) is 2.55. The molecule has 6 nitrogen and oxygen atoms in total. The molecule has 27 heavy (non-hydrogen) atoms. The summed E-state index contributed by atoms with van der Waals surface area (Å²) in [5.41, 5.74) is 1.83. The van der Waals surface area contributed by atoms with E-state index in [1.54, 1.807) is 44.4 Å². The molecular weight excluding hydrogens is 346 g/mol. The average molecular weight is 371 g/mol. The Balaban J connectivity index is 2.11. The Morgan fingerprint density at radius 2 is 1.78 bits per heavy atom. The maximum Gasteiger partial charge on any atom is 0.338 e. The number of rotatable bonds is 8. The number of hydrogen-bond donors (Lipinski definition) is 1. The van der Waals surface area contributed by atoms with Gasteiger partial charge in [-0.05, 0) is 56.2 Å². The molecule has 0 saturated heterocycles. The molecule has 1 N–H and O–H groups in total. The molecule has 2 aromatic rings. The number of amides is 1. The number of benzene rings is 2. The van der Waals surface area contributed by atoms with Crippen LogP contribution in [0.25, 0.3) is 0 Å². The van der Waals surface area contributed by atoms with Crippen molar-refractivity contribution >= 4 is 17.6 Å². The Morgan fingerprint density at radius 3 is 2.37 bits per heavy atom. The van der Waals surface area contributed by atoms with Gasteiger partial charge in [-0.3, -0.25) is 4.79 Å². The van der Waals surface area contributed by atoms with Crippen molar-refractivity contribution in [2.75, 3.05) is 19.0 Å². The maximum atomic E-state index is 12.7. The second kappa shape index (κ2) is 9.62. The number of ether oxygens (including phenoxy) is 3. The third-order valence-electron chi connectivity index (χ3n) is 4.00. The van der Waals surface area contributed by atoms with Crippen LogP contribution in [0.2, 0.25) is 0 Å². The van der Waals surface area contributed by atoms with Gasteiger partial charge in [0.2, 0.25) is 0 Å². The Kier molecular flexibility index (Phi) is 7.23. The molecule has 0 aromatic heterocycles. The van der Waals surface area contributed by atoms with Crippen LogP contribution in [0.3, 0.4) is 0 Å². The van der Waals surface area contributed by atoms with Crippen LogP contribution in [0.4, 0.5) is 5.69 Å². The standard InChI is InChI=1S/C21H25NO5/c1-5-17(27-19-10-8-7-9-18(19)25-4)20(23)22-16-12-11-15(13-14(16)3)21(24)26-6-2/h7-13,17H,5-6H2,1-4H3,(H,22,23).